The number of hydrogen-bond donors (Lipinski definition) is 1. The molecule has 8 heteroatoms. The summed E-state index contributed by atoms with van der Waals surface area (Å²) in [5.41, 5.74) is 0.924. The zero-order valence-corrected chi connectivity index (χ0v) is 11.9. The lowest BCUT2D eigenvalue weighted by Gasteiger charge is -2.24. The Morgan fingerprint density at radius 3 is 2.95 bits per heavy atom. The van der Waals surface area contributed by atoms with Crippen LogP contribution in [-0.2, 0) is 11.3 Å². The largest absolute Gasteiger partial charge is 0.379 e. The lowest BCUT2D eigenvalue weighted by atomic mass is 10.1. The maximum atomic E-state index is 13.9. The molecule has 3 rings (SSSR count). The first-order valence-corrected chi connectivity index (χ1v) is 6.92. The summed E-state index contributed by atoms with van der Waals surface area (Å²) in [7, 11) is 0. The third-order valence-corrected chi connectivity index (χ3v) is 3.39. The van der Waals surface area contributed by atoms with E-state index in [0.29, 0.717) is 31.2 Å². The van der Waals surface area contributed by atoms with Gasteiger partial charge in [-0.25, -0.2) is 4.39 Å². The third kappa shape index (κ3) is 3.29. The Labute approximate surface area is 126 Å². The topological polar surface area (TPSA) is 89.8 Å². The second kappa shape index (κ2) is 6.63. The van der Waals surface area contributed by atoms with Gasteiger partial charge < -0.3 is 15.1 Å². The highest BCUT2D eigenvalue weighted by molar-refractivity contribution is 5.81. The number of ether oxygens (including phenoxy) is 1. The van der Waals surface area contributed by atoms with Gasteiger partial charge >= 0.3 is 0 Å². The van der Waals surface area contributed by atoms with Crippen molar-refractivity contribution in [2.45, 2.75) is 6.54 Å². The molecule has 1 aromatic carbocycles. The molecule has 22 heavy (non-hydrogen) atoms. The van der Waals surface area contributed by atoms with E-state index in [4.69, 9.17) is 15.1 Å². The maximum absolute atomic E-state index is 13.9. The Morgan fingerprint density at radius 1 is 1.36 bits per heavy atom. The van der Waals surface area contributed by atoms with Gasteiger partial charge in [0.15, 0.2) is 0 Å². The first-order valence-electron chi connectivity index (χ1n) is 6.92. The number of hydrogen-bond acceptors (Lipinski definition) is 7. The molecule has 0 radical (unpaired) electrons. The van der Waals surface area contributed by atoms with Crippen LogP contribution in [0.4, 0.5) is 4.39 Å². The van der Waals surface area contributed by atoms with Crippen molar-refractivity contribution in [3.8, 4) is 11.4 Å². The van der Waals surface area contributed by atoms with Crippen LogP contribution in [0.15, 0.2) is 27.8 Å². The van der Waals surface area contributed by atoms with Crippen molar-refractivity contribution in [2.24, 2.45) is 10.9 Å². The van der Waals surface area contributed by atoms with E-state index < -0.39 is 5.82 Å². The maximum Gasteiger partial charge on any atom is 0.241 e. The molecule has 2 aromatic rings. The second-order valence-electron chi connectivity index (χ2n) is 4.92. The summed E-state index contributed by atoms with van der Waals surface area (Å²) in [5.74, 6) is 5.35. The molecule has 0 unspecified atom stereocenters. The number of nitrogens with zero attached hydrogens (tertiary/aromatic N) is 4. The van der Waals surface area contributed by atoms with Crippen molar-refractivity contribution < 1.29 is 13.7 Å². The van der Waals surface area contributed by atoms with Crippen molar-refractivity contribution in [3.05, 3.63) is 35.5 Å². The molecule has 2 heterocycles. The number of morpholine rings is 1. The van der Waals surface area contributed by atoms with Gasteiger partial charge in [-0.2, -0.15) is 10.1 Å². The standard InChI is InChI=1S/C14H16FN5O2/c15-12-2-1-10(8-17-16)7-11(12)14-18-13(22-19-14)9-20-3-5-21-6-4-20/h1-2,7-8H,3-6,9,16H2. The summed E-state index contributed by atoms with van der Waals surface area (Å²) in [6, 6.07) is 4.48. The fourth-order valence-corrected chi connectivity index (χ4v) is 2.26. The van der Waals surface area contributed by atoms with E-state index in [9.17, 15) is 4.39 Å². The molecular weight excluding hydrogens is 289 g/mol. The van der Waals surface area contributed by atoms with Crippen molar-refractivity contribution in [1.82, 2.24) is 15.0 Å². The highest BCUT2D eigenvalue weighted by Crippen LogP contribution is 2.21. The lowest BCUT2D eigenvalue weighted by molar-refractivity contribution is 0.0297. The summed E-state index contributed by atoms with van der Waals surface area (Å²) in [4.78, 5) is 6.41. The average molecular weight is 305 g/mol. The zero-order valence-electron chi connectivity index (χ0n) is 11.9. The summed E-state index contributed by atoms with van der Waals surface area (Å²) in [6.45, 7) is 3.54. The van der Waals surface area contributed by atoms with Crippen LogP contribution in [0.3, 0.4) is 0 Å². The smallest absolute Gasteiger partial charge is 0.241 e. The molecule has 0 aliphatic carbocycles. The zero-order chi connectivity index (χ0) is 15.4. The molecule has 1 saturated heterocycles. The number of hydrazone groups is 1. The SMILES string of the molecule is NN=Cc1ccc(F)c(-c2noc(CN3CCOCC3)n2)c1. The van der Waals surface area contributed by atoms with Crippen LogP contribution >= 0.6 is 0 Å². The number of aromatic nitrogens is 2. The molecule has 0 bridgehead atoms. The Bertz CT molecular complexity index is 667. The summed E-state index contributed by atoms with van der Waals surface area (Å²) >= 11 is 0. The fourth-order valence-electron chi connectivity index (χ4n) is 2.26. The van der Waals surface area contributed by atoms with Crippen molar-refractivity contribution >= 4 is 6.21 Å². The third-order valence-electron chi connectivity index (χ3n) is 3.39. The highest BCUT2D eigenvalue weighted by Gasteiger charge is 2.17. The predicted molar refractivity (Wildman–Crippen MR) is 77.6 cm³/mol. The lowest BCUT2D eigenvalue weighted by Crippen LogP contribution is -2.35. The van der Waals surface area contributed by atoms with Crippen molar-refractivity contribution in [1.29, 1.82) is 0 Å². The average Bonchev–Trinajstić information content (AvgIpc) is 2.99. The first-order chi connectivity index (χ1) is 10.8. The van der Waals surface area contributed by atoms with Crippen LogP contribution in [0.5, 0.6) is 0 Å². The summed E-state index contributed by atoms with van der Waals surface area (Å²) in [5, 5.41) is 7.28. The number of nitrogens with two attached hydrogens (primary N) is 1. The van der Waals surface area contributed by atoms with Crippen LogP contribution in [0.2, 0.25) is 0 Å². The van der Waals surface area contributed by atoms with Gasteiger partial charge in [-0.3, -0.25) is 4.90 Å². The van der Waals surface area contributed by atoms with Crippen LogP contribution < -0.4 is 5.84 Å². The summed E-state index contributed by atoms with van der Waals surface area (Å²) < 4.78 is 24.4. The minimum absolute atomic E-state index is 0.216. The van der Waals surface area contributed by atoms with Gasteiger partial charge in [0.05, 0.1) is 31.5 Å². The van der Waals surface area contributed by atoms with E-state index in [1.54, 1.807) is 12.1 Å². The fraction of sp³-hybridized carbons (Fsp3) is 0.357. The van der Waals surface area contributed by atoms with E-state index in [1.807, 2.05) is 0 Å². The molecule has 1 fully saturated rings. The van der Waals surface area contributed by atoms with Crippen LogP contribution in [0.1, 0.15) is 11.5 Å². The van der Waals surface area contributed by atoms with E-state index in [1.165, 1.54) is 12.3 Å². The molecular formula is C14H16FN5O2. The normalized spacial score (nSPS) is 16.4. The van der Waals surface area contributed by atoms with E-state index >= 15 is 0 Å². The van der Waals surface area contributed by atoms with Gasteiger partial charge in [0, 0.05) is 13.1 Å². The minimum Gasteiger partial charge on any atom is -0.379 e. The van der Waals surface area contributed by atoms with Gasteiger partial charge in [0.2, 0.25) is 11.7 Å². The Balaban J connectivity index is 1.79. The Hall–Kier alpha value is -2.32. The van der Waals surface area contributed by atoms with E-state index in [2.05, 4.69) is 20.1 Å². The van der Waals surface area contributed by atoms with Crippen LogP contribution in [-0.4, -0.2) is 47.6 Å². The molecule has 7 nitrogen and oxygen atoms in total. The Morgan fingerprint density at radius 2 is 2.18 bits per heavy atom. The number of benzene rings is 1. The van der Waals surface area contributed by atoms with Crippen molar-refractivity contribution in [2.75, 3.05) is 26.3 Å². The highest BCUT2D eigenvalue weighted by atomic mass is 19.1. The van der Waals surface area contributed by atoms with Crippen LogP contribution in [0, 0.1) is 5.82 Å². The van der Waals surface area contributed by atoms with Gasteiger partial charge in [-0.1, -0.05) is 11.2 Å². The Kier molecular flexibility index (Phi) is 4.40. The molecule has 1 aromatic heterocycles. The monoisotopic (exact) mass is 305 g/mol. The number of rotatable bonds is 4. The molecule has 1 aliphatic rings. The summed E-state index contributed by atoms with van der Waals surface area (Å²) in [6.07, 6.45) is 1.43. The molecule has 0 amide bonds. The predicted octanol–water partition coefficient (Wildman–Crippen LogP) is 1.00. The van der Waals surface area contributed by atoms with Gasteiger partial charge in [-0.15, -0.1) is 0 Å². The molecule has 2 N–H and O–H groups in total. The molecule has 1 aliphatic heterocycles. The second-order valence-corrected chi connectivity index (χ2v) is 4.92. The van der Waals surface area contributed by atoms with Gasteiger partial charge in [0.25, 0.3) is 0 Å². The van der Waals surface area contributed by atoms with Crippen LogP contribution in [0.25, 0.3) is 11.4 Å². The minimum atomic E-state index is -0.423. The molecule has 116 valence electrons. The van der Waals surface area contributed by atoms with Gasteiger partial charge in [0.1, 0.15) is 5.82 Å². The quantitative estimate of drug-likeness (QED) is 0.515. The molecule has 0 spiro atoms. The molecule has 0 atom stereocenters. The van der Waals surface area contributed by atoms with Crippen molar-refractivity contribution in [3.63, 3.8) is 0 Å². The molecule has 0 saturated carbocycles. The van der Waals surface area contributed by atoms with E-state index in [0.717, 1.165) is 13.1 Å². The van der Waals surface area contributed by atoms with E-state index in [-0.39, 0.29) is 11.4 Å². The number of halogens is 1. The first kappa shape index (κ1) is 14.6. The van der Waals surface area contributed by atoms with Gasteiger partial charge in [-0.05, 0) is 17.7 Å².